The molecule has 0 saturated heterocycles. The van der Waals surface area contributed by atoms with Gasteiger partial charge in [-0.1, -0.05) is 25.1 Å². The molecule has 156 valence electrons. The topological polar surface area (TPSA) is 72.0 Å². The van der Waals surface area contributed by atoms with E-state index in [1.165, 1.54) is 22.4 Å². The van der Waals surface area contributed by atoms with Crippen LogP contribution in [-0.4, -0.2) is 15.9 Å². The maximum atomic E-state index is 12.8. The molecule has 1 aromatic carbocycles. The van der Waals surface area contributed by atoms with Gasteiger partial charge in [0.25, 0.3) is 5.56 Å². The molecule has 2 aliphatic rings. The van der Waals surface area contributed by atoms with Gasteiger partial charge in [-0.2, -0.15) is 0 Å². The first kappa shape index (κ1) is 19.5. The van der Waals surface area contributed by atoms with Gasteiger partial charge in [0.15, 0.2) is 11.9 Å². The Morgan fingerprint density at radius 2 is 2.13 bits per heavy atom. The van der Waals surface area contributed by atoms with E-state index in [0.29, 0.717) is 11.7 Å². The highest BCUT2D eigenvalue weighted by molar-refractivity contribution is 7.18. The Morgan fingerprint density at radius 3 is 3.00 bits per heavy atom. The molecule has 0 spiro atoms. The fourth-order valence-corrected chi connectivity index (χ4v) is 6.14. The van der Waals surface area contributed by atoms with Crippen molar-refractivity contribution in [2.24, 2.45) is 5.92 Å². The molecule has 2 heterocycles. The number of nitrogens with zero attached hydrogens (tertiary/aromatic N) is 1. The first-order valence-corrected chi connectivity index (χ1v) is 11.6. The van der Waals surface area contributed by atoms with Gasteiger partial charge in [0.2, 0.25) is 0 Å². The summed E-state index contributed by atoms with van der Waals surface area (Å²) in [5.74, 6) is 0.757. The fourth-order valence-electron chi connectivity index (χ4n) is 4.75. The second-order valence-corrected chi connectivity index (χ2v) is 9.83. The van der Waals surface area contributed by atoms with Crippen molar-refractivity contribution in [3.05, 3.63) is 61.5 Å². The molecule has 1 N–H and O–H groups in total. The van der Waals surface area contributed by atoms with Crippen LogP contribution in [0, 0.1) is 5.92 Å². The van der Waals surface area contributed by atoms with Crippen molar-refractivity contribution in [2.75, 3.05) is 0 Å². The van der Waals surface area contributed by atoms with Gasteiger partial charge >= 0.3 is 5.97 Å². The zero-order valence-electron chi connectivity index (χ0n) is 17.4. The van der Waals surface area contributed by atoms with Crippen molar-refractivity contribution in [1.29, 1.82) is 0 Å². The number of carbonyl (C=O) groups excluding carboxylic acids is 1. The van der Waals surface area contributed by atoms with Gasteiger partial charge in [-0.05, 0) is 73.6 Å². The lowest BCUT2D eigenvalue weighted by molar-refractivity contribution is -0.148. The summed E-state index contributed by atoms with van der Waals surface area (Å²) >= 11 is 1.61. The van der Waals surface area contributed by atoms with Crippen molar-refractivity contribution in [3.8, 4) is 0 Å². The summed E-state index contributed by atoms with van der Waals surface area (Å²) in [6.45, 7) is 4.01. The maximum absolute atomic E-state index is 12.8. The highest BCUT2D eigenvalue weighted by Gasteiger charge is 2.24. The van der Waals surface area contributed by atoms with Crippen LogP contribution in [0.3, 0.4) is 0 Å². The Morgan fingerprint density at radius 1 is 1.30 bits per heavy atom. The zero-order valence-corrected chi connectivity index (χ0v) is 18.2. The second kappa shape index (κ2) is 7.65. The summed E-state index contributed by atoms with van der Waals surface area (Å²) in [6.07, 6.45) is 6.09. The number of H-pyrrole nitrogens is 1. The van der Waals surface area contributed by atoms with E-state index in [1.807, 2.05) is 6.07 Å². The van der Waals surface area contributed by atoms with Crippen LogP contribution >= 0.6 is 11.3 Å². The molecular weight excluding hydrogens is 396 g/mol. The number of ether oxygens (including phenoxy) is 1. The number of aromatic amines is 1. The van der Waals surface area contributed by atoms with Gasteiger partial charge < -0.3 is 9.72 Å². The van der Waals surface area contributed by atoms with Crippen LogP contribution in [0.25, 0.3) is 10.2 Å². The van der Waals surface area contributed by atoms with E-state index in [-0.39, 0.29) is 17.9 Å². The Hall–Kier alpha value is -2.47. The highest BCUT2D eigenvalue weighted by Crippen LogP contribution is 2.36. The van der Waals surface area contributed by atoms with Crippen molar-refractivity contribution in [1.82, 2.24) is 9.97 Å². The number of carbonyl (C=O) groups is 1. The Balaban J connectivity index is 1.34. The predicted octanol–water partition coefficient (Wildman–Crippen LogP) is 4.45. The van der Waals surface area contributed by atoms with E-state index >= 15 is 0 Å². The average Bonchev–Trinajstić information content (AvgIpc) is 3.30. The van der Waals surface area contributed by atoms with Crippen molar-refractivity contribution < 1.29 is 9.53 Å². The number of thiophene rings is 1. The number of hydrogen-bond donors (Lipinski definition) is 1. The SMILES string of the molecule is C[C@H]1CCc2c(sc3nc([C@H](C)OC(=O)Cc4ccc5c(c4)CCC5)[nH]c(=O)c23)C1. The number of nitrogens with one attached hydrogen (secondary N) is 1. The van der Waals surface area contributed by atoms with Gasteiger partial charge in [0, 0.05) is 4.88 Å². The molecule has 30 heavy (non-hydrogen) atoms. The number of esters is 1. The molecule has 2 atom stereocenters. The minimum Gasteiger partial charge on any atom is -0.454 e. The van der Waals surface area contributed by atoms with Crippen molar-refractivity contribution in [3.63, 3.8) is 0 Å². The van der Waals surface area contributed by atoms with Crippen molar-refractivity contribution >= 4 is 27.5 Å². The number of fused-ring (bicyclic) bond motifs is 4. The quantitative estimate of drug-likeness (QED) is 0.631. The van der Waals surface area contributed by atoms with Crippen LogP contribution in [0.1, 0.15) is 65.7 Å². The molecule has 0 saturated carbocycles. The fraction of sp³-hybridized carbons (Fsp3) is 0.458. The highest BCUT2D eigenvalue weighted by atomic mass is 32.1. The maximum Gasteiger partial charge on any atom is 0.310 e. The summed E-state index contributed by atoms with van der Waals surface area (Å²) in [6, 6.07) is 6.26. The summed E-state index contributed by atoms with van der Waals surface area (Å²) < 4.78 is 5.62. The lowest BCUT2D eigenvalue weighted by Crippen LogP contribution is -2.19. The Labute approximate surface area is 179 Å². The van der Waals surface area contributed by atoms with E-state index in [0.717, 1.165) is 53.4 Å². The molecular formula is C24H26N2O3S. The molecule has 0 radical (unpaired) electrons. The Bertz CT molecular complexity index is 1190. The smallest absolute Gasteiger partial charge is 0.310 e. The number of hydrogen-bond acceptors (Lipinski definition) is 5. The van der Waals surface area contributed by atoms with Crippen LogP contribution in [0.15, 0.2) is 23.0 Å². The van der Waals surface area contributed by atoms with E-state index in [4.69, 9.17) is 4.74 Å². The largest absolute Gasteiger partial charge is 0.454 e. The van der Waals surface area contributed by atoms with Crippen LogP contribution in [-0.2, 0) is 41.6 Å². The number of aryl methyl sites for hydroxylation is 3. The van der Waals surface area contributed by atoms with Crippen LogP contribution in [0.4, 0.5) is 0 Å². The number of rotatable bonds is 4. The summed E-state index contributed by atoms with van der Waals surface area (Å²) in [5, 5.41) is 0.724. The van der Waals surface area contributed by atoms with E-state index < -0.39 is 6.10 Å². The lowest BCUT2D eigenvalue weighted by atomic mass is 9.89. The molecule has 0 unspecified atom stereocenters. The van der Waals surface area contributed by atoms with Gasteiger partial charge in [-0.15, -0.1) is 11.3 Å². The Kier molecular flexibility index (Phi) is 4.97. The van der Waals surface area contributed by atoms with Crippen LogP contribution in [0.5, 0.6) is 0 Å². The molecule has 0 bridgehead atoms. The van der Waals surface area contributed by atoms with E-state index in [1.54, 1.807) is 18.3 Å². The molecule has 5 nitrogen and oxygen atoms in total. The molecule has 6 heteroatoms. The standard InChI is InChI=1S/C24H26N2O3S/c1-13-6-9-18-19(10-13)30-24-21(18)23(28)25-22(26-24)14(2)29-20(27)12-15-7-8-16-4-3-5-17(16)11-15/h7-8,11,13-14H,3-6,9-10,12H2,1-2H3,(H,25,26,28)/t13-,14-/m0/s1. The number of aromatic nitrogens is 2. The molecule has 2 aliphatic carbocycles. The van der Waals surface area contributed by atoms with Crippen molar-refractivity contribution in [2.45, 2.75) is 64.9 Å². The van der Waals surface area contributed by atoms with Gasteiger partial charge in [-0.3, -0.25) is 9.59 Å². The van der Waals surface area contributed by atoms with Gasteiger partial charge in [-0.25, -0.2) is 4.98 Å². The van der Waals surface area contributed by atoms with E-state index in [9.17, 15) is 9.59 Å². The number of benzene rings is 1. The van der Waals surface area contributed by atoms with Crippen LogP contribution in [0.2, 0.25) is 0 Å². The molecule has 0 fully saturated rings. The summed E-state index contributed by atoms with van der Waals surface area (Å²) in [7, 11) is 0. The minimum atomic E-state index is -0.595. The predicted molar refractivity (Wildman–Crippen MR) is 118 cm³/mol. The first-order valence-electron chi connectivity index (χ1n) is 10.8. The van der Waals surface area contributed by atoms with Gasteiger partial charge in [0.05, 0.1) is 11.8 Å². The molecule has 2 aromatic heterocycles. The molecule has 3 aromatic rings. The normalized spacial score (nSPS) is 18.8. The van der Waals surface area contributed by atoms with Crippen LogP contribution < -0.4 is 5.56 Å². The van der Waals surface area contributed by atoms with E-state index in [2.05, 4.69) is 29.0 Å². The zero-order chi connectivity index (χ0) is 20.8. The lowest BCUT2D eigenvalue weighted by Gasteiger charge is -2.17. The second-order valence-electron chi connectivity index (χ2n) is 8.75. The molecule has 5 rings (SSSR count). The molecule has 0 aliphatic heterocycles. The first-order chi connectivity index (χ1) is 14.5. The molecule has 0 amide bonds. The third-order valence-corrected chi connectivity index (χ3v) is 7.54. The third-order valence-electron chi connectivity index (χ3n) is 6.39. The summed E-state index contributed by atoms with van der Waals surface area (Å²) in [4.78, 5) is 34.8. The van der Waals surface area contributed by atoms with Gasteiger partial charge in [0.1, 0.15) is 4.83 Å². The minimum absolute atomic E-state index is 0.122. The monoisotopic (exact) mass is 422 g/mol. The third kappa shape index (κ3) is 3.58. The summed E-state index contributed by atoms with van der Waals surface area (Å²) in [5.41, 5.74) is 4.76. The average molecular weight is 423 g/mol.